The van der Waals surface area contributed by atoms with Crippen LogP contribution in [-0.4, -0.2) is 44.3 Å². The van der Waals surface area contributed by atoms with Crippen LogP contribution >= 0.6 is 15.9 Å². The van der Waals surface area contributed by atoms with Crippen LogP contribution in [0.4, 0.5) is 5.69 Å². The second-order valence-corrected chi connectivity index (χ2v) is 8.59. The Kier molecular flexibility index (Phi) is 5.98. The SMILES string of the molecule is O=C(COC(=O)c1ccc(Br)o1)Nc1cccc(S(=O)(=O)N2CCCC2)c1. The number of nitrogens with zero attached hydrogens (tertiary/aromatic N) is 1. The van der Waals surface area contributed by atoms with Crippen LogP contribution < -0.4 is 5.32 Å². The molecular weight excluding hydrogens is 440 g/mol. The molecule has 1 fully saturated rings. The van der Waals surface area contributed by atoms with Crippen molar-refractivity contribution in [2.24, 2.45) is 0 Å². The van der Waals surface area contributed by atoms with E-state index in [1.807, 2.05) is 0 Å². The first kappa shape index (κ1) is 19.6. The number of hydrogen-bond acceptors (Lipinski definition) is 6. The van der Waals surface area contributed by atoms with Gasteiger partial charge in [-0.05, 0) is 59.1 Å². The van der Waals surface area contributed by atoms with Gasteiger partial charge in [0, 0.05) is 18.8 Å². The Morgan fingerprint density at radius 3 is 2.59 bits per heavy atom. The van der Waals surface area contributed by atoms with Crippen LogP contribution in [0.1, 0.15) is 23.4 Å². The summed E-state index contributed by atoms with van der Waals surface area (Å²) in [4.78, 5) is 23.8. The summed E-state index contributed by atoms with van der Waals surface area (Å²) in [5.41, 5.74) is 0.303. The van der Waals surface area contributed by atoms with Crippen LogP contribution in [0.25, 0.3) is 0 Å². The van der Waals surface area contributed by atoms with Gasteiger partial charge in [0.1, 0.15) is 0 Å². The van der Waals surface area contributed by atoms with Gasteiger partial charge in [-0.2, -0.15) is 4.31 Å². The maximum atomic E-state index is 12.6. The lowest BCUT2D eigenvalue weighted by atomic mass is 10.3. The van der Waals surface area contributed by atoms with E-state index in [2.05, 4.69) is 21.2 Å². The first-order chi connectivity index (χ1) is 12.9. The second-order valence-electron chi connectivity index (χ2n) is 5.87. The molecule has 3 rings (SSSR count). The molecule has 0 unspecified atom stereocenters. The number of carbonyl (C=O) groups is 2. The first-order valence-electron chi connectivity index (χ1n) is 8.19. The highest BCUT2D eigenvalue weighted by Gasteiger charge is 2.27. The molecule has 144 valence electrons. The number of esters is 1. The standard InChI is InChI=1S/C17H17BrN2O6S/c18-15-7-6-14(26-15)17(22)25-11-16(21)19-12-4-3-5-13(10-12)27(23,24)20-8-1-2-9-20/h3-7,10H,1-2,8-9,11H2,(H,19,21). The molecule has 1 aromatic carbocycles. The molecule has 1 amide bonds. The summed E-state index contributed by atoms with van der Waals surface area (Å²) in [5, 5.41) is 2.52. The van der Waals surface area contributed by atoms with Crippen molar-refractivity contribution < 1.29 is 27.2 Å². The number of sulfonamides is 1. The van der Waals surface area contributed by atoms with Crippen LogP contribution in [0.15, 0.2) is 50.4 Å². The Hall–Kier alpha value is -2.17. The number of carbonyl (C=O) groups excluding carboxylic acids is 2. The number of furan rings is 1. The number of benzene rings is 1. The zero-order chi connectivity index (χ0) is 19.4. The molecule has 1 N–H and O–H groups in total. The highest BCUT2D eigenvalue weighted by molar-refractivity contribution is 9.10. The Morgan fingerprint density at radius 2 is 1.93 bits per heavy atom. The minimum Gasteiger partial charge on any atom is -0.450 e. The van der Waals surface area contributed by atoms with E-state index in [4.69, 9.17) is 9.15 Å². The van der Waals surface area contributed by atoms with Gasteiger partial charge >= 0.3 is 5.97 Å². The van der Waals surface area contributed by atoms with Crippen molar-refractivity contribution in [1.82, 2.24) is 4.31 Å². The third-order valence-corrected chi connectivity index (χ3v) is 6.25. The lowest BCUT2D eigenvalue weighted by Gasteiger charge is -2.16. The summed E-state index contributed by atoms with van der Waals surface area (Å²) >= 11 is 3.07. The van der Waals surface area contributed by atoms with Gasteiger partial charge in [0.2, 0.25) is 15.8 Å². The van der Waals surface area contributed by atoms with Gasteiger partial charge in [-0.3, -0.25) is 4.79 Å². The fraction of sp³-hybridized carbons (Fsp3) is 0.294. The topological polar surface area (TPSA) is 106 Å². The van der Waals surface area contributed by atoms with Crippen molar-refractivity contribution in [2.45, 2.75) is 17.7 Å². The number of hydrogen-bond donors (Lipinski definition) is 1. The van der Waals surface area contributed by atoms with Crippen molar-refractivity contribution in [1.29, 1.82) is 0 Å². The molecule has 1 aliphatic rings. The number of amides is 1. The Balaban J connectivity index is 1.60. The zero-order valence-electron chi connectivity index (χ0n) is 14.2. The molecule has 10 heteroatoms. The van der Waals surface area contributed by atoms with Crippen molar-refractivity contribution in [3.8, 4) is 0 Å². The van der Waals surface area contributed by atoms with Crippen LogP contribution in [0, 0.1) is 0 Å². The van der Waals surface area contributed by atoms with Crippen molar-refractivity contribution in [3.05, 3.63) is 46.8 Å². The van der Waals surface area contributed by atoms with Crippen molar-refractivity contribution >= 4 is 43.5 Å². The van der Waals surface area contributed by atoms with Crippen LogP contribution in [0.5, 0.6) is 0 Å². The predicted octanol–water partition coefficient (Wildman–Crippen LogP) is 2.62. The van der Waals surface area contributed by atoms with Gasteiger partial charge in [0.15, 0.2) is 11.3 Å². The fourth-order valence-electron chi connectivity index (χ4n) is 2.64. The van der Waals surface area contributed by atoms with Crippen LogP contribution in [-0.2, 0) is 19.6 Å². The molecule has 0 aliphatic carbocycles. The number of anilines is 1. The number of rotatable bonds is 6. The minimum absolute atomic E-state index is 0.0339. The highest BCUT2D eigenvalue weighted by Crippen LogP contribution is 2.23. The molecule has 0 radical (unpaired) electrons. The lowest BCUT2D eigenvalue weighted by molar-refractivity contribution is -0.119. The summed E-state index contributed by atoms with van der Waals surface area (Å²) in [6.07, 6.45) is 1.68. The monoisotopic (exact) mass is 456 g/mol. The molecule has 0 spiro atoms. The average Bonchev–Trinajstić information content (AvgIpc) is 3.32. The third kappa shape index (κ3) is 4.76. The van der Waals surface area contributed by atoms with Gasteiger partial charge < -0.3 is 14.5 Å². The smallest absolute Gasteiger partial charge is 0.374 e. The minimum atomic E-state index is -3.58. The van der Waals surface area contributed by atoms with E-state index in [9.17, 15) is 18.0 Å². The molecule has 0 bridgehead atoms. The van der Waals surface area contributed by atoms with Crippen LogP contribution in [0.2, 0.25) is 0 Å². The maximum absolute atomic E-state index is 12.6. The van der Waals surface area contributed by atoms with Crippen LogP contribution in [0.3, 0.4) is 0 Å². The summed E-state index contributed by atoms with van der Waals surface area (Å²) in [5.74, 6) is -1.40. The summed E-state index contributed by atoms with van der Waals surface area (Å²) < 4.78 is 36.8. The summed E-state index contributed by atoms with van der Waals surface area (Å²) in [7, 11) is -3.58. The van der Waals surface area contributed by atoms with E-state index in [0.29, 0.717) is 23.4 Å². The predicted molar refractivity (Wildman–Crippen MR) is 99.8 cm³/mol. The lowest BCUT2D eigenvalue weighted by Crippen LogP contribution is -2.28. The van der Waals surface area contributed by atoms with Gasteiger partial charge in [-0.1, -0.05) is 6.07 Å². The van der Waals surface area contributed by atoms with E-state index in [-0.39, 0.29) is 10.7 Å². The quantitative estimate of drug-likeness (QED) is 0.669. The molecule has 0 saturated carbocycles. The van der Waals surface area contributed by atoms with Gasteiger partial charge in [0.25, 0.3) is 5.91 Å². The molecule has 1 aromatic heterocycles. The molecule has 27 heavy (non-hydrogen) atoms. The number of ether oxygens (including phenoxy) is 1. The number of halogens is 1. The molecule has 1 saturated heterocycles. The zero-order valence-corrected chi connectivity index (χ0v) is 16.6. The Labute approximate surface area is 164 Å². The van der Waals surface area contributed by atoms with E-state index < -0.39 is 28.5 Å². The largest absolute Gasteiger partial charge is 0.450 e. The molecular formula is C17H17BrN2O6S. The fourth-order valence-corrected chi connectivity index (χ4v) is 4.51. The molecule has 2 heterocycles. The van der Waals surface area contributed by atoms with E-state index in [1.165, 1.54) is 28.6 Å². The molecule has 1 aliphatic heterocycles. The molecule has 8 nitrogen and oxygen atoms in total. The average molecular weight is 457 g/mol. The Bertz CT molecular complexity index is 950. The van der Waals surface area contributed by atoms with Crippen molar-refractivity contribution in [3.63, 3.8) is 0 Å². The molecule has 0 atom stereocenters. The molecule has 2 aromatic rings. The number of nitrogens with one attached hydrogen (secondary N) is 1. The second kappa shape index (κ2) is 8.24. The maximum Gasteiger partial charge on any atom is 0.374 e. The van der Waals surface area contributed by atoms with Gasteiger partial charge in [0.05, 0.1) is 4.90 Å². The van der Waals surface area contributed by atoms with Crippen molar-refractivity contribution in [2.75, 3.05) is 25.0 Å². The first-order valence-corrected chi connectivity index (χ1v) is 10.4. The third-order valence-electron chi connectivity index (χ3n) is 3.93. The highest BCUT2D eigenvalue weighted by atomic mass is 79.9. The van der Waals surface area contributed by atoms with Gasteiger partial charge in [-0.15, -0.1) is 0 Å². The summed E-state index contributed by atoms with van der Waals surface area (Å²) in [6.45, 7) is 0.468. The normalized spacial score (nSPS) is 14.9. The van der Waals surface area contributed by atoms with Gasteiger partial charge in [-0.25, -0.2) is 13.2 Å². The summed E-state index contributed by atoms with van der Waals surface area (Å²) in [6, 6.07) is 8.92. The van der Waals surface area contributed by atoms with E-state index in [0.717, 1.165) is 12.8 Å². The Morgan fingerprint density at radius 1 is 1.19 bits per heavy atom. The van der Waals surface area contributed by atoms with E-state index >= 15 is 0 Å². The van der Waals surface area contributed by atoms with E-state index in [1.54, 1.807) is 12.1 Å².